The van der Waals surface area contributed by atoms with Crippen molar-refractivity contribution in [3.05, 3.63) is 29.8 Å². The molecule has 1 aromatic carbocycles. The summed E-state index contributed by atoms with van der Waals surface area (Å²) in [6.45, 7) is 1.45. The SMILES string of the molecule is CC(=O)N(CCNC(=O)C1CCCCC1)c1c(F)cccc1F. The lowest BCUT2D eigenvalue weighted by atomic mass is 9.89. The normalized spacial score (nSPS) is 15.3. The van der Waals surface area contributed by atoms with Gasteiger partial charge in [-0.1, -0.05) is 25.3 Å². The minimum absolute atomic E-state index is 0.0136. The maximum atomic E-state index is 13.8. The molecular weight excluding hydrogens is 302 g/mol. The average molecular weight is 324 g/mol. The van der Waals surface area contributed by atoms with Gasteiger partial charge in [-0.05, 0) is 25.0 Å². The van der Waals surface area contributed by atoms with Gasteiger partial charge in [0, 0.05) is 25.9 Å². The summed E-state index contributed by atoms with van der Waals surface area (Å²) in [5.74, 6) is -2.08. The number of para-hydroxylation sites is 1. The second kappa shape index (κ2) is 8.04. The minimum atomic E-state index is -0.793. The Morgan fingerprint density at radius 2 is 1.78 bits per heavy atom. The van der Waals surface area contributed by atoms with Crippen LogP contribution in [0.3, 0.4) is 0 Å². The van der Waals surface area contributed by atoms with E-state index in [9.17, 15) is 18.4 Å². The Morgan fingerprint density at radius 3 is 2.35 bits per heavy atom. The molecule has 1 saturated carbocycles. The van der Waals surface area contributed by atoms with Crippen molar-refractivity contribution in [2.75, 3.05) is 18.0 Å². The van der Waals surface area contributed by atoms with E-state index in [1.54, 1.807) is 0 Å². The Balaban J connectivity index is 1.95. The highest BCUT2D eigenvalue weighted by Gasteiger charge is 2.22. The van der Waals surface area contributed by atoms with E-state index in [-0.39, 0.29) is 30.6 Å². The van der Waals surface area contributed by atoms with Crippen LogP contribution >= 0.6 is 0 Å². The second-order valence-corrected chi connectivity index (χ2v) is 5.87. The summed E-state index contributed by atoms with van der Waals surface area (Å²) in [4.78, 5) is 24.8. The van der Waals surface area contributed by atoms with Crippen molar-refractivity contribution < 1.29 is 18.4 Å². The van der Waals surface area contributed by atoms with Gasteiger partial charge in [-0.2, -0.15) is 0 Å². The van der Waals surface area contributed by atoms with Gasteiger partial charge in [-0.15, -0.1) is 0 Å². The molecule has 0 aromatic heterocycles. The Hall–Kier alpha value is -1.98. The highest BCUT2D eigenvalue weighted by atomic mass is 19.1. The van der Waals surface area contributed by atoms with Crippen LogP contribution in [0.2, 0.25) is 0 Å². The first-order chi connectivity index (χ1) is 11.0. The van der Waals surface area contributed by atoms with E-state index in [0.717, 1.165) is 49.1 Å². The van der Waals surface area contributed by atoms with E-state index >= 15 is 0 Å². The number of hydrogen-bond acceptors (Lipinski definition) is 2. The second-order valence-electron chi connectivity index (χ2n) is 5.87. The van der Waals surface area contributed by atoms with Gasteiger partial charge in [0.05, 0.1) is 0 Å². The Kier molecular flexibility index (Phi) is 6.07. The van der Waals surface area contributed by atoms with Crippen LogP contribution in [0.25, 0.3) is 0 Å². The summed E-state index contributed by atoms with van der Waals surface area (Å²) >= 11 is 0. The largest absolute Gasteiger partial charge is 0.354 e. The Morgan fingerprint density at radius 1 is 1.17 bits per heavy atom. The fourth-order valence-electron chi connectivity index (χ4n) is 2.97. The number of benzene rings is 1. The summed E-state index contributed by atoms with van der Waals surface area (Å²) in [6, 6.07) is 3.46. The molecule has 0 saturated heterocycles. The topological polar surface area (TPSA) is 49.4 Å². The number of anilines is 1. The molecule has 126 valence electrons. The molecule has 1 aliphatic rings. The van der Waals surface area contributed by atoms with Crippen LogP contribution < -0.4 is 10.2 Å². The molecule has 1 aromatic rings. The van der Waals surface area contributed by atoms with Gasteiger partial charge in [-0.25, -0.2) is 8.78 Å². The van der Waals surface area contributed by atoms with Gasteiger partial charge in [0.15, 0.2) is 0 Å². The van der Waals surface area contributed by atoms with Crippen LogP contribution in [0.1, 0.15) is 39.0 Å². The summed E-state index contributed by atoms with van der Waals surface area (Å²) in [6.07, 6.45) is 5.03. The number of carbonyl (C=O) groups excluding carboxylic acids is 2. The molecule has 4 nitrogen and oxygen atoms in total. The van der Waals surface area contributed by atoms with Crippen LogP contribution in [0.5, 0.6) is 0 Å². The summed E-state index contributed by atoms with van der Waals surface area (Å²) < 4.78 is 27.6. The monoisotopic (exact) mass is 324 g/mol. The van der Waals surface area contributed by atoms with Gasteiger partial charge in [0.25, 0.3) is 0 Å². The molecule has 0 aliphatic heterocycles. The highest BCUT2D eigenvalue weighted by Crippen LogP contribution is 2.24. The summed E-state index contributed by atoms with van der Waals surface area (Å²) in [7, 11) is 0. The molecule has 0 radical (unpaired) electrons. The van der Waals surface area contributed by atoms with Crippen molar-refractivity contribution in [2.45, 2.75) is 39.0 Å². The lowest BCUT2D eigenvalue weighted by molar-refractivity contribution is -0.126. The van der Waals surface area contributed by atoms with Gasteiger partial charge in [0.2, 0.25) is 11.8 Å². The number of amides is 2. The van der Waals surface area contributed by atoms with Crippen molar-refractivity contribution in [1.82, 2.24) is 5.32 Å². The highest BCUT2D eigenvalue weighted by molar-refractivity contribution is 5.91. The molecule has 1 N–H and O–H groups in total. The number of halogens is 2. The molecule has 0 spiro atoms. The van der Waals surface area contributed by atoms with Crippen LogP contribution in [-0.4, -0.2) is 24.9 Å². The number of nitrogens with zero attached hydrogens (tertiary/aromatic N) is 1. The molecule has 1 aliphatic carbocycles. The van der Waals surface area contributed by atoms with Crippen LogP contribution in [0.15, 0.2) is 18.2 Å². The van der Waals surface area contributed by atoms with Crippen LogP contribution in [0, 0.1) is 17.6 Å². The molecule has 0 unspecified atom stereocenters. The van der Waals surface area contributed by atoms with Crippen molar-refractivity contribution in [3.8, 4) is 0 Å². The molecule has 23 heavy (non-hydrogen) atoms. The maximum Gasteiger partial charge on any atom is 0.224 e. The number of nitrogens with one attached hydrogen (secondary N) is 1. The van der Waals surface area contributed by atoms with Gasteiger partial charge in [-0.3, -0.25) is 9.59 Å². The Bertz CT molecular complexity index is 551. The van der Waals surface area contributed by atoms with Crippen molar-refractivity contribution in [3.63, 3.8) is 0 Å². The third kappa shape index (κ3) is 4.50. The van der Waals surface area contributed by atoms with Crippen molar-refractivity contribution >= 4 is 17.5 Å². The predicted octanol–water partition coefficient (Wildman–Crippen LogP) is 3.01. The number of carbonyl (C=O) groups is 2. The van der Waals surface area contributed by atoms with Crippen molar-refractivity contribution in [2.24, 2.45) is 5.92 Å². The van der Waals surface area contributed by atoms with E-state index < -0.39 is 17.5 Å². The third-order valence-corrected chi connectivity index (χ3v) is 4.20. The Labute approximate surface area is 134 Å². The molecule has 0 bridgehead atoms. The summed E-state index contributed by atoms with van der Waals surface area (Å²) in [5.41, 5.74) is -0.369. The molecular formula is C17H22F2N2O2. The maximum absolute atomic E-state index is 13.8. The van der Waals surface area contributed by atoms with Crippen LogP contribution in [-0.2, 0) is 9.59 Å². The smallest absolute Gasteiger partial charge is 0.224 e. The van der Waals surface area contributed by atoms with E-state index in [4.69, 9.17) is 0 Å². The van der Waals surface area contributed by atoms with Gasteiger partial charge < -0.3 is 10.2 Å². The zero-order valence-corrected chi connectivity index (χ0v) is 13.3. The quantitative estimate of drug-likeness (QED) is 0.905. The molecule has 0 atom stereocenters. The molecule has 0 heterocycles. The fraction of sp³-hybridized carbons (Fsp3) is 0.529. The van der Waals surface area contributed by atoms with Gasteiger partial charge >= 0.3 is 0 Å². The first kappa shape index (κ1) is 17.4. The van der Waals surface area contributed by atoms with Crippen LogP contribution in [0.4, 0.5) is 14.5 Å². The van der Waals surface area contributed by atoms with E-state index in [0.29, 0.717) is 0 Å². The minimum Gasteiger partial charge on any atom is -0.354 e. The van der Waals surface area contributed by atoms with E-state index in [1.807, 2.05) is 0 Å². The lowest BCUT2D eigenvalue weighted by Crippen LogP contribution is -2.40. The lowest BCUT2D eigenvalue weighted by Gasteiger charge is -2.24. The van der Waals surface area contributed by atoms with E-state index in [1.165, 1.54) is 13.0 Å². The average Bonchev–Trinajstić information content (AvgIpc) is 2.53. The third-order valence-electron chi connectivity index (χ3n) is 4.20. The zero-order valence-electron chi connectivity index (χ0n) is 13.3. The van der Waals surface area contributed by atoms with E-state index in [2.05, 4.69) is 5.32 Å². The first-order valence-electron chi connectivity index (χ1n) is 8.00. The zero-order chi connectivity index (χ0) is 16.8. The molecule has 2 rings (SSSR count). The number of rotatable bonds is 5. The molecule has 2 amide bonds. The fourth-order valence-corrected chi connectivity index (χ4v) is 2.97. The number of hydrogen-bond donors (Lipinski definition) is 1. The molecule has 6 heteroatoms. The van der Waals surface area contributed by atoms with Gasteiger partial charge in [0.1, 0.15) is 17.3 Å². The molecule has 1 fully saturated rings. The summed E-state index contributed by atoms with van der Waals surface area (Å²) in [5, 5.41) is 2.77. The first-order valence-corrected chi connectivity index (χ1v) is 8.00. The van der Waals surface area contributed by atoms with Crippen molar-refractivity contribution in [1.29, 1.82) is 0 Å². The predicted molar refractivity (Wildman–Crippen MR) is 84.0 cm³/mol. The standard InChI is InChI=1S/C17H22F2N2O2/c1-12(22)21(16-14(18)8-5-9-15(16)19)11-10-20-17(23)13-6-3-2-4-7-13/h5,8-9,13H,2-4,6-7,10-11H2,1H3,(H,20,23).